The van der Waals surface area contributed by atoms with Crippen molar-refractivity contribution in [2.24, 2.45) is 0 Å². The average Bonchev–Trinajstić information content (AvgIpc) is 3.20. The van der Waals surface area contributed by atoms with Gasteiger partial charge in [0.2, 0.25) is 5.91 Å². The third-order valence-corrected chi connectivity index (χ3v) is 5.80. The van der Waals surface area contributed by atoms with Crippen LogP contribution in [0.1, 0.15) is 10.4 Å². The normalized spacial score (nSPS) is 11.4. The van der Waals surface area contributed by atoms with Crippen LogP contribution in [-0.2, 0) is 4.79 Å². The summed E-state index contributed by atoms with van der Waals surface area (Å²) < 4.78 is 2.83. The van der Waals surface area contributed by atoms with Crippen LogP contribution in [0.2, 0.25) is 0 Å². The summed E-state index contributed by atoms with van der Waals surface area (Å²) in [5.41, 5.74) is 8.46. The van der Waals surface area contributed by atoms with Gasteiger partial charge in [-0.25, -0.2) is 19.3 Å². The van der Waals surface area contributed by atoms with E-state index in [-0.39, 0.29) is 17.6 Å². The fourth-order valence-corrected chi connectivity index (χ4v) is 3.87. The molecule has 0 atom stereocenters. The molecule has 0 aliphatic rings. The third-order valence-electron chi connectivity index (χ3n) is 5.80. The Morgan fingerprint density at radius 1 is 1.03 bits per heavy atom. The Labute approximate surface area is 213 Å². The monoisotopic (exact) mass is 500 g/mol. The number of fused-ring (bicyclic) bond motifs is 1. The maximum absolute atomic E-state index is 13.8. The summed E-state index contributed by atoms with van der Waals surface area (Å²) in [6.45, 7) is 0.639. The number of carbonyl (C=O) groups is 2. The topological polar surface area (TPSA) is 131 Å². The fraction of sp³-hybridized carbons (Fsp3) is 0.192. The largest absolute Gasteiger partial charge is 0.382 e. The minimum Gasteiger partial charge on any atom is -0.382 e. The Morgan fingerprint density at radius 2 is 1.76 bits per heavy atom. The third kappa shape index (κ3) is 4.98. The van der Waals surface area contributed by atoms with Crippen molar-refractivity contribution < 1.29 is 9.59 Å². The van der Waals surface area contributed by atoms with Gasteiger partial charge in [-0.2, -0.15) is 0 Å². The molecule has 3 N–H and O–H groups in total. The van der Waals surface area contributed by atoms with Gasteiger partial charge < -0.3 is 20.9 Å². The van der Waals surface area contributed by atoms with E-state index in [1.165, 1.54) is 26.4 Å². The molecule has 4 aromatic rings. The molecule has 0 radical (unpaired) electrons. The number of nitrogens with one attached hydrogen (secondary N) is 1. The maximum Gasteiger partial charge on any atom is 0.339 e. The molecule has 0 fully saturated rings. The highest BCUT2D eigenvalue weighted by Crippen LogP contribution is 2.25. The first-order valence-electron chi connectivity index (χ1n) is 11.5. The highest BCUT2D eigenvalue weighted by Gasteiger charge is 2.21. The Hall–Kier alpha value is -4.77. The van der Waals surface area contributed by atoms with Gasteiger partial charge >= 0.3 is 5.69 Å². The van der Waals surface area contributed by atoms with Crippen molar-refractivity contribution in [3.63, 3.8) is 0 Å². The molecule has 0 unspecified atom stereocenters. The molecule has 0 aliphatic carbocycles. The van der Waals surface area contributed by atoms with Gasteiger partial charge in [0.1, 0.15) is 11.8 Å². The molecule has 11 heteroatoms. The minimum absolute atomic E-state index is 0.130. The number of hydrogen-bond acceptors (Lipinski definition) is 7. The number of nitrogen functional groups attached to an aromatic ring is 1. The summed E-state index contributed by atoms with van der Waals surface area (Å²) in [6.07, 6.45) is 4.60. The molecule has 0 spiro atoms. The second kappa shape index (κ2) is 10.5. The van der Waals surface area contributed by atoms with Crippen LogP contribution in [0.3, 0.4) is 0 Å². The lowest BCUT2D eigenvalue weighted by molar-refractivity contribution is -0.113. The Kier molecular flexibility index (Phi) is 7.16. The van der Waals surface area contributed by atoms with Crippen LogP contribution in [0.15, 0.2) is 71.8 Å². The van der Waals surface area contributed by atoms with Crippen LogP contribution >= 0.6 is 0 Å². The molecule has 190 valence electrons. The zero-order chi connectivity index (χ0) is 26.7. The summed E-state index contributed by atoms with van der Waals surface area (Å²) in [4.78, 5) is 50.2. The standard InChI is InChI=1S/C26H28N8O3/c1-28-25(36)17-10-12-18(13-11-17)33-22-23(27)29-16-30-24(22)34(26(33)37)20-8-5-7-19(15-20)32(4)21(35)9-6-14-31(2)3/h5-13,15-16H,14H2,1-4H3,(H,28,36)(H2,27,29,30)/b9-6+. The van der Waals surface area contributed by atoms with E-state index >= 15 is 0 Å². The molecular formula is C26H28N8O3. The van der Waals surface area contributed by atoms with E-state index in [2.05, 4.69) is 15.3 Å². The molecular weight excluding hydrogens is 472 g/mol. The SMILES string of the molecule is CNC(=O)c1ccc(-n2c(=O)n(-c3cccc(N(C)C(=O)/C=C/CN(C)C)c3)c3ncnc(N)c32)cc1. The number of likely N-dealkylation sites (N-methyl/N-ethyl adjacent to an activating group) is 2. The highest BCUT2D eigenvalue weighted by molar-refractivity contribution is 6.01. The molecule has 37 heavy (non-hydrogen) atoms. The summed E-state index contributed by atoms with van der Waals surface area (Å²) in [7, 11) is 7.05. The lowest BCUT2D eigenvalue weighted by Crippen LogP contribution is -2.25. The molecule has 11 nitrogen and oxygen atoms in total. The van der Waals surface area contributed by atoms with Crippen LogP contribution in [0.4, 0.5) is 11.5 Å². The van der Waals surface area contributed by atoms with Gasteiger partial charge in [0.25, 0.3) is 5.91 Å². The number of benzene rings is 2. The van der Waals surface area contributed by atoms with Crippen molar-refractivity contribution in [1.29, 1.82) is 0 Å². The van der Waals surface area contributed by atoms with Crippen LogP contribution < -0.4 is 21.6 Å². The van der Waals surface area contributed by atoms with Gasteiger partial charge in [0.15, 0.2) is 11.5 Å². The Balaban J connectivity index is 1.81. The molecule has 0 bridgehead atoms. The first kappa shape index (κ1) is 25.3. The maximum atomic E-state index is 13.8. The molecule has 2 aromatic carbocycles. The van der Waals surface area contributed by atoms with E-state index in [1.54, 1.807) is 68.7 Å². The molecule has 0 saturated heterocycles. The smallest absolute Gasteiger partial charge is 0.339 e. The predicted molar refractivity (Wildman–Crippen MR) is 143 cm³/mol. The molecule has 4 rings (SSSR count). The van der Waals surface area contributed by atoms with E-state index < -0.39 is 5.69 Å². The van der Waals surface area contributed by atoms with Crippen LogP contribution in [-0.4, -0.2) is 70.6 Å². The molecule has 0 aliphatic heterocycles. The second-order valence-corrected chi connectivity index (χ2v) is 8.59. The molecule has 2 aromatic heterocycles. The summed E-state index contributed by atoms with van der Waals surface area (Å²) >= 11 is 0. The molecule has 2 heterocycles. The quantitative estimate of drug-likeness (QED) is 0.369. The number of hydrogen-bond donors (Lipinski definition) is 2. The summed E-state index contributed by atoms with van der Waals surface area (Å²) in [5, 5.41) is 2.57. The number of anilines is 2. The van der Waals surface area contributed by atoms with Crippen LogP contribution in [0.25, 0.3) is 22.5 Å². The number of amides is 2. The van der Waals surface area contributed by atoms with Gasteiger partial charge in [-0.3, -0.25) is 14.2 Å². The number of imidazole rings is 1. The van der Waals surface area contributed by atoms with Crippen LogP contribution in [0.5, 0.6) is 0 Å². The molecule has 0 saturated carbocycles. The number of nitrogens with zero attached hydrogens (tertiary/aromatic N) is 6. The zero-order valence-electron chi connectivity index (χ0n) is 21.0. The van der Waals surface area contributed by atoms with Crippen molar-refractivity contribution in [1.82, 2.24) is 29.3 Å². The summed E-state index contributed by atoms with van der Waals surface area (Å²) in [5.74, 6) is -0.307. The number of rotatable bonds is 7. The van der Waals surface area contributed by atoms with Gasteiger partial charge in [0, 0.05) is 38.0 Å². The van der Waals surface area contributed by atoms with Crippen molar-refractivity contribution in [3.8, 4) is 11.4 Å². The number of aromatic nitrogens is 4. The van der Waals surface area contributed by atoms with E-state index in [9.17, 15) is 14.4 Å². The number of nitrogens with two attached hydrogens (primary N) is 1. The lowest BCUT2D eigenvalue weighted by Gasteiger charge is -2.16. The van der Waals surface area contributed by atoms with Crippen LogP contribution in [0, 0.1) is 0 Å². The fourth-order valence-electron chi connectivity index (χ4n) is 3.87. The second-order valence-electron chi connectivity index (χ2n) is 8.59. The minimum atomic E-state index is -0.424. The predicted octanol–water partition coefficient (Wildman–Crippen LogP) is 1.59. The Morgan fingerprint density at radius 3 is 2.43 bits per heavy atom. The van der Waals surface area contributed by atoms with Crippen molar-refractivity contribution in [2.75, 3.05) is 45.4 Å². The van der Waals surface area contributed by atoms with Crippen molar-refractivity contribution >= 4 is 34.5 Å². The average molecular weight is 501 g/mol. The highest BCUT2D eigenvalue weighted by atomic mass is 16.2. The van der Waals surface area contributed by atoms with E-state index in [1.807, 2.05) is 19.0 Å². The summed E-state index contributed by atoms with van der Waals surface area (Å²) in [6, 6.07) is 13.6. The molecule has 2 amide bonds. The lowest BCUT2D eigenvalue weighted by atomic mass is 10.2. The first-order chi connectivity index (χ1) is 17.7. The van der Waals surface area contributed by atoms with E-state index in [4.69, 9.17) is 5.73 Å². The number of carbonyl (C=O) groups excluding carboxylic acids is 2. The first-order valence-corrected chi connectivity index (χ1v) is 11.5. The zero-order valence-corrected chi connectivity index (χ0v) is 21.0. The van der Waals surface area contributed by atoms with E-state index in [0.717, 1.165) is 0 Å². The Bertz CT molecular complexity index is 1550. The van der Waals surface area contributed by atoms with Gasteiger partial charge in [0.05, 0.1) is 11.4 Å². The van der Waals surface area contributed by atoms with E-state index in [0.29, 0.717) is 40.3 Å². The van der Waals surface area contributed by atoms with Crippen molar-refractivity contribution in [3.05, 3.63) is 83.1 Å². The van der Waals surface area contributed by atoms with Gasteiger partial charge in [-0.05, 0) is 56.6 Å². The van der Waals surface area contributed by atoms with Gasteiger partial charge in [-0.1, -0.05) is 12.1 Å². The van der Waals surface area contributed by atoms with Gasteiger partial charge in [-0.15, -0.1) is 0 Å². The van der Waals surface area contributed by atoms with Crippen molar-refractivity contribution in [2.45, 2.75) is 0 Å².